The van der Waals surface area contributed by atoms with Crippen molar-refractivity contribution in [3.63, 3.8) is 0 Å². The average Bonchev–Trinajstić information content (AvgIpc) is 3.46. The van der Waals surface area contributed by atoms with E-state index in [0.29, 0.717) is 38.9 Å². The number of aliphatic hydroxyl groups is 1. The molecule has 5 amide bonds. The topological polar surface area (TPSA) is 155 Å². The van der Waals surface area contributed by atoms with Gasteiger partial charge in [0.2, 0.25) is 11.8 Å². The third-order valence-corrected chi connectivity index (χ3v) is 10.3. The van der Waals surface area contributed by atoms with Crippen LogP contribution in [0.1, 0.15) is 70.0 Å². The maximum atomic E-state index is 14.4. The summed E-state index contributed by atoms with van der Waals surface area (Å²) in [7, 11) is 1.38. The number of aromatic nitrogens is 1. The molecule has 0 saturated carbocycles. The van der Waals surface area contributed by atoms with Crippen LogP contribution >= 0.6 is 0 Å². The third kappa shape index (κ3) is 11.3. The van der Waals surface area contributed by atoms with Crippen LogP contribution in [0, 0.1) is 18.3 Å². The summed E-state index contributed by atoms with van der Waals surface area (Å²) in [4.78, 5) is 63.0. The Kier molecular flexibility index (Phi) is 14.6. The second kappa shape index (κ2) is 18.9. The molecule has 0 radical (unpaired) electrons. The van der Waals surface area contributed by atoms with Gasteiger partial charge in [-0.05, 0) is 60.8 Å². The van der Waals surface area contributed by atoms with Gasteiger partial charge in [-0.2, -0.15) is 0 Å². The van der Waals surface area contributed by atoms with Crippen LogP contribution in [0.3, 0.4) is 0 Å². The maximum Gasteiger partial charge on any atom is 0.407 e. The number of carbonyl (C=O) groups is 4. The Hall–Kier alpha value is -4.97. The molecule has 2 heterocycles. The van der Waals surface area contributed by atoms with Gasteiger partial charge < -0.3 is 30.6 Å². The van der Waals surface area contributed by atoms with E-state index in [2.05, 4.69) is 15.6 Å². The van der Waals surface area contributed by atoms with Crippen LogP contribution < -0.4 is 10.6 Å². The minimum Gasteiger partial charge on any atom is -0.465 e. The fourth-order valence-corrected chi connectivity index (χ4v) is 7.33. The summed E-state index contributed by atoms with van der Waals surface area (Å²) in [6.45, 7) is 12.4. The molecular weight excluding hydrogens is 684 g/mol. The standard InChI is InChI=1S/C42H58N6O6/c1-8-28(2)36(48-23-22-47(40(48)52)27-32-21-15-16-29(3)43-32)38(50)45-34(25-31-19-13-10-14-20-31)35(49)26-33(24-30-17-11-9-12-18-30)44-39(51)37(42(4,5)6)46(7)41(53)54/h9-21,28,33-37,49H,8,22-27H2,1-7H3,(H,44,51)(H,45,50)(H,53,54)/t28?,33-,34-,35-,36-,37+/m0/s1. The summed E-state index contributed by atoms with van der Waals surface area (Å²) in [5, 5.41) is 28.0. The van der Waals surface area contributed by atoms with Crippen LogP contribution in [0.5, 0.6) is 0 Å². The summed E-state index contributed by atoms with van der Waals surface area (Å²) >= 11 is 0. The van der Waals surface area contributed by atoms with Crippen LogP contribution in [0.25, 0.3) is 0 Å². The number of amides is 5. The van der Waals surface area contributed by atoms with E-state index >= 15 is 0 Å². The molecule has 4 rings (SSSR count). The van der Waals surface area contributed by atoms with E-state index < -0.39 is 47.7 Å². The summed E-state index contributed by atoms with van der Waals surface area (Å²) in [6.07, 6.45) is -0.953. The molecule has 6 atom stereocenters. The maximum absolute atomic E-state index is 14.4. The third-order valence-electron chi connectivity index (χ3n) is 10.3. The molecule has 54 heavy (non-hydrogen) atoms. The molecule has 292 valence electrons. The van der Waals surface area contributed by atoms with Gasteiger partial charge in [0.25, 0.3) is 0 Å². The van der Waals surface area contributed by atoms with Crippen molar-refractivity contribution >= 4 is 23.9 Å². The normalized spacial score (nSPS) is 16.6. The zero-order valence-electron chi connectivity index (χ0n) is 32.7. The minimum absolute atomic E-state index is 0.0694. The first-order chi connectivity index (χ1) is 25.6. The first kappa shape index (κ1) is 41.8. The Balaban J connectivity index is 1.60. The van der Waals surface area contributed by atoms with Crippen LogP contribution in [-0.4, -0.2) is 104 Å². The van der Waals surface area contributed by atoms with Gasteiger partial charge >= 0.3 is 12.1 Å². The lowest BCUT2D eigenvalue weighted by Crippen LogP contribution is -2.58. The van der Waals surface area contributed by atoms with Crippen molar-refractivity contribution < 1.29 is 29.4 Å². The second-order valence-electron chi connectivity index (χ2n) is 15.7. The smallest absolute Gasteiger partial charge is 0.407 e. The van der Waals surface area contributed by atoms with E-state index in [0.717, 1.165) is 27.4 Å². The van der Waals surface area contributed by atoms with Gasteiger partial charge in [0, 0.05) is 31.9 Å². The zero-order valence-corrected chi connectivity index (χ0v) is 32.7. The lowest BCUT2D eigenvalue weighted by atomic mass is 9.84. The average molecular weight is 743 g/mol. The molecule has 1 aliphatic rings. The highest BCUT2D eigenvalue weighted by molar-refractivity contribution is 5.88. The molecule has 1 fully saturated rings. The highest BCUT2D eigenvalue weighted by atomic mass is 16.4. The Bertz CT molecular complexity index is 1700. The molecule has 12 nitrogen and oxygen atoms in total. The van der Waals surface area contributed by atoms with Crippen molar-refractivity contribution in [2.45, 2.75) is 104 Å². The van der Waals surface area contributed by atoms with E-state index in [-0.39, 0.29) is 24.3 Å². The van der Waals surface area contributed by atoms with Gasteiger partial charge in [-0.25, -0.2) is 9.59 Å². The molecule has 1 saturated heterocycles. The molecule has 1 aromatic heterocycles. The van der Waals surface area contributed by atoms with Crippen molar-refractivity contribution in [1.29, 1.82) is 0 Å². The Morgan fingerprint density at radius 3 is 2.06 bits per heavy atom. The largest absolute Gasteiger partial charge is 0.465 e. The molecule has 0 aliphatic carbocycles. The molecular formula is C42H58N6O6. The lowest BCUT2D eigenvalue weighted by molar-refractivity contribution is -0.130. The number of urea groups is 1. The van der Waals surface area contributed by atoms with Gasteiger partial charge in [0.05, 0.1) is 24.4 Å². The van der Waals surface area contributed by atoms with Gasteiger partial charge in [0.1, 0.15) is 12.1 Å². The van der Waals surface area contributed by atoms with Gasteiger partial charge in [-0.3, -0.25) is 19.5 Å². The second-order valence-corrected chi connectivity index (χ2v) is 15.7. The first-order valence-electron chi connectivity index (χ1n) is 18.9. The summed E-state index contributed by atoms with van der Waals surface area (Å²) in [6, 6.07) is 21.4. The highest BCUT2D eigenvalue weighted by Gasteiger charge is 2.42. The minimum atomic E-state index is -1.22. The molecule has 4 N–H and O–H groups in total. The monoisotopic (exact) mass is 742 g/mol. The van der Waals surface area contributed by atoms with E-state index in [1.54, 1.807) is 30.6 Å². The summed E-state index contributed by atoms with van der Waals surface area (Å²) < 4.78 is 0. The van der Waals surface area contributed by atoms with Crippen LogP contribution in [0.4, 0.5) is 9.59 Å². The van der Waals surface area contributed by atoms with E-state index in [1.165, 1.54) is 7.05 Å². The molecule has 1 unspecified atom stereocenters. The van der Waals surface area contributed by atoms with Crippen molar-refractivity contribution in [3.05, 3.63) is 101 Å². The molecule has 3 aromatic rings. The fourth-order valence-electron chi connectivity index (χ4n) is 7.33. The van der Waals surface area contributed by atoms with E-state index in [1.807, 2.05) is 99.6 Å². The first-order valence-corrected chi connectivity index (χ1v) is 18.9. The number of likely N-dealkylation sites (N-methyl/N-ethyl adjacent to an activating group) is 1. The molecule has 0 bridgehead atoms. The summed E-state index contributed by atoms with van der Waals surface area (Å²) in [5.74, 6) is -1.00. The van der Waals surface area contributed by atoms with Gasteiger partial charge in [0.15, 0.2) is 0 Å². The fraction of sp³-hybridized carbons (Fsp3) is 0.500. The number of nitrogens with zero attached hydrogens (tertiary/aromatic N) is 4. The highest BCUT2D eigenvalue weighted by Crippen LogP contribution is 2.26. The predicted octanol–water partition coefficient (Wildman–Crippen LogP) is 5.27. The molecule has 12 heteroatoms. The number of nitrogens with one attached hydrogen (secondary N) is 2. The lowest BCUT2D eigenvalue weighted by Gasteiger charge is -2.37. The number of hydrogen-bond donors (Lipinski definition) is 4. The van der Waals surface area contributed by atoms with Crippen LogP contribution in [-0.2, 0) is 29.0 Å². The number of hydrogen-bond acceptors (Lipinski definition) is 6. The summed E-state index contributed by atoms with van der Waals surface area (Å²) in [5.41, 5.74) is 2.74. The Morgan fingerprint density at radius 1 is 0.889 bits per heavy atom. The molecule has 1 aliphatic heterocycles. The quantitative estimate of drug-likeness (QED) is 0.147. The number of pyridine rings is 1. The van der Waals surface area contributed by atoms with Gasteiger partial charge in [-0.15, -0.1) is 0 Å². The van der Waals surface area contributed by atoms with Crippen molar-refractivity contribution in [2.24, 2.45) is 11.3 Å². The zero-order chi connectivity index (χ0) is 39.6. The number of benzene rings is 2. The van der Waals surface area contributed by atoms with E-state index in [4.69, 9.17) is 0 Å². The molecule has 2 aromatic carbocycles. The number of aryl methyl sites for hydroxylation is 1. The number of carbonyl (C=O) groups excluding carboxylic acids is 3. The Labute approximate surface area is 319 Å². The van der Waals surface area contributed by atoms with Crippen molar-refractivity contribution in [3.8, 4) is 0 Å². The van der Waals surface area contributed by atoms with Crippen molar-refractivity contribution in [1.82, 2.24) is 30.3 Å². The van der Waals surface area contributed by atoms with Crippen molar-refractivity contribution in [2.75, 3.05) is 20.1 Å². The number of carboxylic acid groups (broad SMARTS) is 1. The predicted molar refractivity (Wildman–Crippen MR) is 209 cm³/mol. The Morgan fingerprint density at radius 2 is 1.50 bits per heavy atom. The van der Waals surface area contributed by atoms with Crippen LogP contribution in [0.15, 0.2) is 78.9 Å². The number of aliphatic hydroxyl groups excluding tert-OH is 1. The molecule has 0 spiro atoms. The number of rotatable bonds is 17. The SMILES string of the molecule is CCC(C)[C@@H](C(=O)N[C@@H](Cc1ccccc1)[C@@H](O)C[C@H](Cc1ccccc1)NC(=O)[C@@H](N(C)C(=O)O)C(C)(C)C)N1CCN(Cc2cccc(C)n2)C1=O. The van der Waals surface area contributed by atoms with Gasteiger partial charge in [-0.1, -0.05) is 108 Å². The van der Waals surface area contributed by atoms with E-state index in [9.17, 15) is 29.4 Å². The van der Waals surface area contributed by atoms with Crippen LogP contribution in [0.2, 0.25) is 0 Å².